The zero-order chi connectivity index (χ0) is 26.2. The highest BCUT2D eigenvalue weighted by Crippen LogP contribution is 2.20. The van der Waals surface area contributed by atoms with Crippen molar-refractivity contribution in [3.05, 3.63) is 0 Å². The minimum Gasteiger partial charge on any atom is -0.466 e. The van der Waals surface area contributed by atoms with Crippen LogP contribution in [0, 0.1) is 17.8 Å². The first-order chi connectivity index (χ1) is 16.8. The van der Waals surface area contributed by atoms with Gasteiger partial charge in [0.25, 0.3) is 0 Å². The maximum Gasteiger partial charge on any atom is 0.306 e. The topological polar surface area (TPSA) is 52.6 Å². The summed E-state index contributed by atoms with van der Waals surface area (Å²) in [4.78, 5) is 23.6. The molecule has 0 saturated heterocycles. The van der Waals surface area contributed by atoms with E-state index < -0.39 is 0 Å². The number of unbranched alkanes of at least 4 members (excludes halogenated alkanes) is 12. The summed E-state index contributed by atoms with van der Waals surface area (Å²) in [6.45, 7) is 12.0. The van der Waals surface area contributed by atoms with Crippen molar-refractivity contribution in [3.63, 3.8) is 0 Å². The smallest absolute Gasteiger partial charge is 0.306 e. The van der Waals surface area contributed by atoms with Crippen molar-refractivity contribution in [2.24, 2.45) is 17.8 Å². The summed E-state index contributed by atoms with van der Waals surface area (Å²) >= 11 is 0. The molecular formula is C31H60O4. The molecule has 35 heavy (non-hydrogen) atoms. The van der Waals surface area contributed by atoms with E-state index in [0.29, 0.717) is 43.8 Å². The highest BCUT2D eigenvalue weighted by molar-refractivity contribution is 5.69. The molecular weight excluding hydrogens is 436 g/mol. The van der Waals surface area contributed by atoms with Crippen LogP contribution < -0.4 is 0 Å². The number of rotatable bonds is 25. The van der Waals surface area contributed by atoms with Gasteiger partial charge in [-0.2, -0.15) is 0 Å². The fraction of sp³-hybridized carbons (Fsp3) is 0.935. The Kier molecular flexibility index (Phi) is 23.9. The monoisotopic (exact) mass is 496 g/mol. The Bertz CT molecular complexity index is 486. The van der Waals surface area contributed by atoms with E-state index in [0.717, 1.165) is 38.5 Å². The highest BCUT2D eigenvalue weighted by Gasteiger charge is 2.13. The maximum atomic E-state index is 12.0. The molecule has 208 valence electrons. The Morgan fingerprint density at radius 3 is 1.37 bits per heavy atom. The Hall–Kier alpha value is -1.06. The van der Waals surface area contributed by atoms with Crippen LogP contribution in [-0.4, -0.2) is 25.2 Å². The summed E-state index contributed by atoms with van der Waals surface area (Å²) in [6, 6.07) is 0. The number of hydrogen-bond donors (Lipinski definition) is 0. The Morgan fingerprint density at radius 2 is 0.943 bits per heavy atom. The van der Waals surface area contributed by atoms with Crippen LogP contribution in [0.25, 0.3) is 0 Å². The number of carbonyl (C=O) groups excluding carboxylic acids is 2. The van der Waals surface area contributed by atoms with Crippen LogP contribution in [0.15, 0.2) is 0 Å². The summed E-state index contributed by atoms with van der Waals surface area (Å²) < 4.78 is 10.6. The largest absolute Gasteiger partial charge is 0.466 e. The van der Waals surface area contributed by atoms with Crippen LogP contribution in [-0.2, 0) is 19.1 Å². The Balaban J connectivity index is 3.38. The average Bonchev–Trinajstić information content (AvgIpc) is 2.80. The lowest BCUT2D eigenvalue weighted by atomic mass is 9.95. The van der Waals surface area contributed by atoms with Gasteiger partial charge >= 0.3 is 11.9 Å². The van der Waals surface area contributed by atoms with E-state index >= 15 is 0 Å². The molecule has 0 aliphatic rings. The molecule has 1 unspecified atom stereocenters. The maximum absolute atomic E-state index is 12.0. The van der Waals surface area contributed by atoms with Gasteiger partial charge in [-0.25, -0.2) is 0 Å². The van der Waals surface area contributed by atoms with Gasteiger partial charge in [-0.1, -0.05) is 118 Å². The molecule has 4 nitrogen and oxygen atoms in total. The first-order valence-corrected chi connectivity index (χ1v) is 15.2. The van der Waals surface area contributed by atoms with Gasteiger partial charge in [-0.05, 0) is 43.4 Å². The van der Waals surface area contributed by atoms with E-state index in [1.807, 2.05) is 0 Å². The van der Waals surface area contributed by atoms with Gasteiger partial charge < -0.3 is 9.47 Å². The van der Waals surface area contributed by atoms with Gasteiger partial charge in [0, 0.05) is 12.8 Å². The van der Waals surface area contributed by atoms with Gasteiger partial charge in [0.05, 0.1) is 13.2 Å². The molecule has 0 aromatic heterocycles. The second-order valence-corrected chi connectivity index (χ2v) is 11.4. The van der Waals surface area contributed by atoms with Crippen molar-refractivity contribution in [2.75, 3.05) is 13.2 Å². The van der Waals surface area contributed by atoms with Gasteiger partial charge in [0.15, 0.2) is 0 Å². The number of ether oxygens (including phenoxy) is 2. The molecule has 0 aliphatic carbocycles. The Labute approximate surface area is 218 Å². The fourth-order valence-corrected chi connectivity index (χ4v) is 4.28. The van der Waals surface area contributed by atoms with Gasteiger partial charge in [-0.15, -0.1) is 0 Å². The average molecular weight is 497 g/mol. The van der Waals surface area contributed by atoms with Crippen LogP contribution in [0.3, 0.4) is 0 Å². The molecule has 0 fully saturated rings. The molecule has 0 bridgehead atoms. The molecule has 0 saturated carbocycles. The zero-order valence-corrected chi connectivity index (χ0v) is 24.2. The normalized spacial score (nSPS) is 12.3. The summed E-state index contributed by atoms with van der Waals surface area (Å²) in [6.07, 6.45) is 22.0. The van der Waals surface area contributed by atoms with E-state index in [1.54, 1.807) is 0 Å². The number of esters is 2. The molecule has 0 aliphatic heterocycles. The second-order valence-electron chi connectivity index (χ2n) is 11.4. The molecule has 0 spiro atoms. The SMILES string of the molecule is CCC(CCCCCCCCCCCCCCCC(=O)OCCC(C)C)CC(=O)OCCC(C)C. The highest BCUT2D eigenvalue weighted by atomic mass is 16.5. The third-order valence-electron chi connectivity index (χ3n) is 6.94. The standard InChI is InChI=1S/C31H60O4/c1-6-29(26-31(33)35-25-23-28(4)5)20-18-16-14-12-10-8-7-9-11-13-15-17-19-21-30(32)34-24-22-27(2)3/h27-29H,6-26H2,1-5H3. The molecule has 4 heteroatoms. The summed E-state index contributed by atoms with van der Waals surface area (Å²) in [5.41, 5.74) is 0. The third kappa shape index (κ3) is 25.8. The predicted octanol–water partition coefficient (Wildman–Crippen LogP) is 9.43. The number of carbonyl (C=O) groups is 2. The predicted molar refractivity (Wildman–Crippen MR) is 148 cm³/mol. The summed E-state index contributed by atoms with van der Waals surface area (Å²) in [7, 11) is 0. The Morgan fingerprint density at radius 1 is 0.543 bits per heavy atom. The van der Waals surface area contributed by atoms with Crippen LogP contribution in [0.5, 0.6) is 0 Å². The van der Waals surface area contributed by atoms with E-state index in [1.165, 1.54) is 70.6 Å². The number of hydrogen-bond acceptors (Lipinski definition) is 4. The third-order valence-corrected chi connectivity index (χ3v) is 6.94. The molecule has 0 rings (SSSR count). The molecule has 0 radical (unpaired) electrons. The van der Waals surface area contributed by atoms with Crippen molar-refractivity contribution < 1.29 is 19.1 Å². The lowest BCUT2D eigenvalue weighted by molar-refractivity contribution is -0.145. The van der Waals surface area contributed by atoms with Crippen LogP contribution in [0.4, 0.5) is 0 Å². The fourth-order valence-electron chi connectivity index (χ4n) is 4.28. The van der Waals surface area contributed by atoms with Crippen molar-refractivity contribution in [1.82, 2.24) is 0 Å². The van der Waals surface area contributed by atoms with E-state index in [9.17, 15) is 9.59 Å². The first kappa shape index (κ1) is 33.9. The van der Waals surface area contributed by atoms with Crippen LogP contribution in [0.2, 0.25) is 0 Å². The van der Waals surface area contributed by atoms with E-state index in [-0.39, 0.29) is 11.9 Å². The molecule has 0 heterocycles. The summed E-state index contributed by atoms with van der Waals surface area (Å²) in [5.74, 6) is 1.65. The van der Waals surface area contributed by atoms with Gasteiger partial charge in [0.2, 0.25) is 0 Å². The molecule has 0 amide bonds. The van der Waals surface area contributed by atoms with Gasteiger partial charge in [0.1, 0.15) is 0 Å². The molecule has 0 aromatic rings. The van der Waals surface area contributed by atoms with Crippen molar-refractivity contribution in [3.8, 4) is 0 Å². The van der Waals surface area contributed by atoms with Crippen molar-refractivity contribution >= 4 is 11.9 Å². The van der Waals surface area contributed by atoms with Crippen molar-refractivity contribution in [1.29, 1.82) is 0 Å². The minimum absolute atomic E-state index is 0.00489. The summed E-state index contributed by atoms with van der Waals surface area (Å²) in [5, 5.41) is 0. The van der Waals surface area contributed by atoms with E-state index in [2.05, 4.69) is 34.6 Å². The minimum atomic E-state index is -0.0203. The molecule has 1 atom stereocenters. The van der Waals surface area contributed by atoms with Crippen LogP contribution in [0.1, 0.15) is 157 Å². The van der Waals surface area contributed by atoms with Crippen LogP contribution >= 0.6 is 0 Å². The second kappa shape index (κ2) is 24.6. The molecule has 0 aromatic carbocycles. The lowest BCUT2D eigenvalue weighted by Crippen LogP contribution is -2.13. The molecule has 0 N–H and O–H groups in total. The van der Waals surface area contributed by atoms with Gasteiger partial charge in [-0.3, -0.25) is 9.59 Å². The zero-order valence-electron chi connectivity index (χ0n) is 24.2. The quantitative estimate of drug-likeness (QED) is 0.0932. The van der Waals surface area contributed by atoms with Crippen molar-refractivity contribution in [2.45, 2.75) is 157 Å². The van der Waals surface area contributed by atoms with E-state index in [4.69, 9.17) is 9.47 Å². The lowest BCUT2D eigenvalue weighted by Gasteiger charge is -2.14. The first-order valence-electron chi connectivity index (χ1n) is 15.2.